The third-order valence-electron chi connectivity index (χ3n) is 7.83. The van der Waals surface area contributed by atoms with Crippen LogP contribution < -0.4 is 10.7 Å². The molecule has 1 aliphatic carbocycles. The average molecular weight is 644 g/mol. The largest absolute Gasteiger partial charge is 0.390 e. The molecule has 1 aliphatic rings. The Morgan fingerprint density at radius 1 is 1.09 bits per heavy atom. The Balaban J connectivity index is 1.67. The normalized spacial score (nSPS) is 15.8. The minimum atomic E-state index is -4.02. The van der Waals surface area contributed by atoms with Crippen LogP contribution >= 0.6 is 11.3 Å². The maximum absolute atomic E-state index is 14.0. The Morgan fingerprint density at radius 3 is 2.48 bits per heavy atom. The number of hydrogen-bond donors (Lipinski definition) is 3. The van der Waals surface area contributed by atoms with Crippen molar-refractivity contribution in [3.05, 3.63) is 59.6 Å². The third kappa shape index (κ3) is 9.31. The monoisotopic (exact) mass is 643 g/mol. The van der Waals surface area contributed by atoms with E-state index in [1.807, 2.05) is 58.0 Å². The summed E-state index contributed by atoms with van der Waals surface area (Å²) in [6, 6.07) is 13.6. The van der Waals surface area contributed by atoms with Gasteiger partial charge in [-0.25, -0.2) is 18.4 Å². The number of nitrogens with one attached hydrogen (secondary N) is 2. The molecule has 0 radical (unpaired) electrons. The van der Waals surface area contributed by atoms with Gasteiger partial charge in [0.2, 0.25) is 15.9 Å². The van der Waals surface area contributed by atoms with Crippen LogP contribution in [0.3, 0.4) is 0 Å². The maximum Gasteiger partial charge on any atom is 0.252 e. The Labute approximate surface area is 264 Å². The number of thiazole rings is 1. The predicted octanol–water partition coefficient (Wildman–Crippen LogP) is 3.96. The fraction of sp³-hybridized carbons (Fsp3) is 0.531. The van der Waals surface area contributed by atoms with Gasteiger partial charge in [-0.1, -0.05) is 64.4 Å². The zero-order chi connectivity index (χ0) is 31.9. The van der Waals surface area contributed by atoms with Crippen molar-refractivity contribution in [2.75, 3.05) is 19.6 Å². The highest BCUT2D eigenvalue weighted by Gasteiger charge is 2.36. The highest BCUT2D eigenvalue weighted by Crippen LogP contribution is 2.26. The molecule has 3 atom stereocenters. The summed E-state index contributed by atoms with van der Waals surface area (Å²) in [5, 5.41) is 16.3. The molecule has 44 heavy (non-hydrogen) atoms. The van der Waals surface area contributed by atoms with Crippen molar-refractivity contribution in [1.29, 1.82) is 0 Å². The highest BCUT2D eigenvalue weighted by molar-refractivity contribution is 7.89. The molecule has 240 valence electrons. The number of aliphatic hydroxyl groups excluding tert-OH is 1. The first kappa shape index (κ1) is 34.0. The molecular weight excluding hydrogens is 599 g/mol. The van der Waals surface area contributed by atoms with Gasteiger partial charge in [-0.15, -0.1) is 11.3 Å². The molecule has 1 saturated carbocycles. The summed E-state index contributed by atoms with van der Waals surface area (Å²) in [7, 11) is -4.02. The lowest BCUT2D eigenvalue weighted by Crippen LogP contribution is -2.60. The van der Waals surface area contributed by atoms with Gasteiger partial charge in [-0.05, 0) is 54.9 Å². The summed E-state index contributed by atoms with van der Waals surface area (Å²) in [5.74, 6) is -0.689. The Morgan fingerprint density at radius 2 is 1.82 bits per heavy atom. The van der Waals surface area contributed by atoms with Crippen LogP contribution in [0.25, 0.3) is 10.2 Å². The van der Waals surface area contributed by atoms with Crippen molar-refractivity contribution < 1.29 is 23.1 Å². The number of aromatic nitrogens is 1. The van der Waals surface area contributed by atoms with E-state index in [9.17, 15) is 23.1 Å². The number of aliphatic hydroxyl groups is 1. The van der Waals surface area contributed by atoms with E-state index < -0.39 is 22.2 Å². The number of amides is 2. The molecule has 4 rings (SSSR count). The molecule has 3 N–H and O–H groups in total. The van der Waals surface area contributed by atoms with E-state index in [1.165, 1.54) is 26.7 Å². The van der Waals surface area contributed by atoms with Gasteiger partial charge in [0, 0.05) is 25.6 Å². The second-order valence-corrected chi connectivity index (χ2v) is 15.0. The zero-order valence-corrected chi connectivity index (χ0v) is 27.6. The van der Waals surface area contributed by atoms with Gasteiger partial charge >= 0.3 is 0 Å². The first-order chi connectivity index (χ1) is 21.0. The van der Waals surface area contributed by atoms with E-state index in [0.29, 0.717) is 6.04 Å². The molecular formula is C32H45N5O5S2. The highest BCUT2D eigenvalue weighted by atomic mass is 32.2. The van der Waals surface area contributed by atoms with Crippen LogP contribution in [0.4, 0.5) is 0 Å². The van der Waals surface area contributed by atoms with Gasteiger partial charge in [0.1, 0.15) is 0 Å². The lowest BCUT2D eigenvalue weighted by atomic mass is 9.98. The molecule has 12 heteroatoms. The minimum absolute atomic E-state index is 0.0342. The molecule has 2 amide bonds. The molecule has 1 fully saturated rings. The van der Waals surface area contributed by atoms with E-state index in [0.717, 1.165) is 35.0 Å². The van der Waals surface area contributed by atoms with E-state index in [-0.39, 0.29) is 61.0 Å². The van der Waals surface area contributed by atoms with Gasteiger partial charge in [0.05, 0.1) is 39.3 Å². The summed E-state index contributed by atoms with van der Waals surface area (Å²) in [6.45, 7) is 7.73. The van der Waals surface area contributed by atoms with Gasteiger partial charge in [-0.2, -0.15) is 4.31 Å². The van der Waals surface area contributed by atoms with Gasteiger partial charge in [0.15, 0.2) is 0 Å². The van der Waals surface area contributed by atoms with E-state index >= 15 is 0 Å². The summed E-state index contributed by atoms with van der Waals surface area (Å²) in [6.07, 6.45) is 1.87. The molecule has 0 saturated heterocycles. The molecule has 0 bridgehead atoms. The van der Waals surface area contributed by atoms with Crippen molar-refractivity contribution in [2.24, 2.45) is 11.8 Å². The number of carbonyl (C=O) groups is 2. The molecule has 1 aromatic heterocycles. The number of rotatable bonds is 16. The maximum atomic E-state index is 14.0. The molecule has 2 aromatic carbocycles. The zero-order valence-electron chi connectivity index (χ0n) is 26.0. The Hall–Kier alpha value is -2.90. The topological polar surface area (TPSA) is 132 Å². The molecule has 3 aromatic rings. The number of nitrogens with zero attached hydrogens (tertiary/aromatic N) is 3. The molecule has 0 aliphatic heterocycles. The molecule has 10 nitrogen and oxygen atoms in total. The van der Waals surface area contributed by atoms with Crippen molar-refractivity contribution in [2.45, 2.75) is 82.9 Å². The number of sulfonamides is 1. The number of hydrazine groups is 1. The van der Waals surface area contributed by atoms with Crippen molar-refractivity contribution >= 4 is 43.4 Å². The van der Waals surface area contributed by atoms with Gasteiger partial charge in [0.25, 0.3) is 5.91 Å². The first-order valence-corrected chi connectivity index (χ1v) is 17.7. The van der Waals surface area contributed by atoms with Crippen LogP contribution in [0, 0.1) is 11.8 Å². The molecule has 1 heterocycles. The summed E-state index contributed by atoms with van der Waals surface area (Å²) in [5.41, 5.74) is 6.01. The van der Waals surface area contributed by atoms with Crippen LogP contribution in [-0.4, -0.2) is 77.5 Å². The quantitative estimate of drug-likeness (QED) is 0.201. The minimum Gasteiger partial charge on any atom is -0.390 e. The molecule has 0 spiro atoms. The number of fused-ring (bicyclic) bond motifs is 1. The smallest absolute Gasteiger partial charge is 0.252 e. The van der Waals surface area contributed by atoms with E-state index in [4.69, 9.17) is 0 Å². The van der Waals surface area contributed by atoms with Crippen LogP contribution in [0.15, 0.2) is 58.9 Å². The van der Waals surface area contributed by atoms with Crippen LogP contribution in [0.5, 0.6) is 0 Å². The number of hydrogen-bond acceptors (Lipinski definition) is 8. The van der Waals surface area contributed by atoms with Crippen molar-refractivity contribution in [3.63, 3.8) is 0 Å². The Bertz CT molecular complexity index is 1490. The Kier molecular flexibility index (Phi) is 11.9. The summed E-state index contributed by atoms with van der Waals surface area (Å²) >= 11 is 1.36. The lowest BCUT2D eigenvalue weighted by molar-refractivity contribution is -0.148. The van der Waals surface area contributed by atoms with E-state index in [1.54, 1.807) is 17.6 Å². The van der Waals surface area contributed by atoms with Crippen molar-refractivity contribution in [1.82, 2.24) is 25.0 Å². The molecule has 1 unspecified atom stereocenters. The van der Waals surface area contributed by atoms with Gasteiger partial charge < -0.3 is 10.4 Å². The summed E-state index contributed by atoms with van der Waals surface area (Å²) < 4.78 is 30.1. The number of carbonyl (C=O) groups excluding carboxylic acids is 2. The van der Waals surface area contributed by atoms with Crippen LogP contribution in [-0.2, 0) is 26.0 Å². The summed E-state index contributed by atoms with van der Waals surface area (Å²) in [4.78, 5) is 31.2. The van der Waals surface area contributed by atoms with Crippen LogP contribution in [0.1, 0.15) is 58.9 Å². The standard InChI is InChI=1S/C32H45N5O5S2/c1-5-23(4)15-32(40)37(35-31(39)18-33-25-11-12-25)28(16-24-9-7-6-8-10-24)29(38)20-36(19-22(2)3)44(41,42)26-13-14-27-30(17-26)43-21-34-27/h6-10,13-14,17,21-23,25,28-29,33,38H,5,11-12,15-16,18-20H2,1-4H3,(H,35,39)/t23-,28?,29+/m0/s1. The fourth-order valence-corrected chi connectivity index (χ4v) is 7.42. The second-order valence-electron chi connectivity index (χ2n) is 12.2. The fourth-order valence-electron chi connectivity index (χ4n) is 4.98. The lowest BCUT2D eigenvalue weighted by Gasteiger charge is -2.37. The SMILES string of the molecule is CC[C@H](C)CC(=O)N(NC(=O)CNC1CC1)C(Cc1ccccc1)[C@H](O)CN(CC(C)C)S(=O)(=O)c1ccc2ncsc2c1. The predicted molar refractivity (Wildman–Crippen MR) is 173 cm³/mol. The average Bonchev–Trinajstić information content (AvgIpc) is 3.71. The second kappa shape index (κ2) is 15.4. The van der Waals surface area contributed by atoms with E-state index in [2.05, 4.69) is 15.7 Å². The third-order valence-corrected chi connectivity index (χ3v) is 10.4. The van der Waals surface area contributed by atoms with Gasteiger partial charge in [-0.3, -0.25) is 15.0 Å². The first-order valence-electron chi connectivity index (χ1n) is 15.4. The van der Waals surface area contributed by atoms with Crippen LogP contribution in [0.2, 0.25) is 0 Å². The van der Waals surface area contributed by atoms with Crippen molar-refractivity contribution in [3.8, 4) is 0 Å². The number of benzene rings is 2.